The van der Waals surface area contributed by atoms with Crippen LogP contribution in [0, 0.1) is 16.7 Å². The van der Waals surface area contributed by atoms with Crippen molar-refractivity contribution in [2.45, 2.75) is 99.1 Å². The standard InChI is InChI=1S/C22H43O5P/c1-9-11-18(3)12-13-27-19(23)14-20(4,5)16-26-17-21(6,7)15-22(8,10-2)28(24)25/h18H,9-17H2,1-8H3/p+1. The summed E-state index contributed by atoms with van der Waals surface area (Å²) >= 11 is 0. The molecule has 0 aliphatic rings. The summed E-state index contributed by atoms with van der Waals surface area (Å²) in [6, 6.07) is 0. The van der Waals surface area contributed by atoms with Gasteiger partial charge in [-0.15, -0.1) is 0 Å². The van der Waals surface area contributed by atoms with Gasteiger partial charge in [0, 0.05) is 6.42 Å². The Morgan fingerprint density at radius 3 is 2.11 bits per heavy atom. The molecular formula is C22H44O5P+. The molecule has 5 nitrogen and oxygen atoms in total. The van der Waals surface area contributed by atoms with E-state index in [1.807, 2.05) is 27.7 Å². The van der Waals surface area contributed by atoms with Gasteiger partial charge in [-0.1, -0.05) is 61.3 Å². The first kappa shape index (κ1) is 27.5. The summed E-state index contributed by atoms with van der Waals surface area (Å²) in [5.41, 5.74) is -0.525. The molecule has 6 heteroatoms. The van der Waals surface area contributed by atoms with Gasteiger partial charge in [-0.05, 0) is 41.1 Å². The normalized spacial score (nSPS) is 16.4. The minimum atomic E-state index is -2.24. The Morgan fingerprint density at radius 1 is 1.04 bits per heavy atom. The minimum absolute atomic E-state index is 0.174. The number of carbonyl (C=O) groups is 1. The molecule has 0 saturated heterocycles. The second-order valence-electron chi connectivity index (χ2n) is 10.2. The Bertz CT molecular complexity index is 489. The van der Waals surface area contributed by atoms with Gasteiger partial charge < -0.3 is 9.47 Å². The van der Waals surface area contributed by atoms with Crippen LogP contribution in [-0.2, 0) is 18.8 Å². The summed E-state index contributed by atoms with van der Waals surface area (Å²) in [5.74, 6) is 0.409. The predicted molar refractivity (Wildman–Crippen MR) is 116 cm³/mol. The summed E-state index contributed by atoms with van der Waals surface area (Å²) in [6.07, 6.45) is 4.81. The van der Waals surface area contributed by atoms with E-state index in [4.69, 9.17) is 9.47 Å². The van der Waals surface area contributed by atoms with E-state index < -0.39 is 13.2 Å². The van der Waals surface area contributed by atoms with Crippen LogP contribution in [0.25, 0.3) is 0 Å². The molecule has 0 aliphatic heterocycles. The zero-order chi connectivity index (χ0) is 22.0. The highest BCUT2D eigenvalue weighted by Crippen LogP contribution is 2.46. The molecule has 0 amide bonds. The number of rotatable bonds is 15. The number of hydrogen-bond donors (Lipinski definition) is 1. The first-order chi connectivity index (χ1) is 12.8. The molecule has 0 spiro atoms. The highest BCUT2D eigenvalue weighted by atomic mass is 31.1. The van der Waals surface area contributed by atoms with E-state index in [0.717, 1.165) is 19.3 Å². The molecule has 0 aliphatic carbocycles. The zero-order valence-electron chi connectivity index (χ0n) is 19.5. The second-order valence-corrected chi connectivity index (χ2v) is 11.8. The van der Waals surface area contributed by atoms with Gasteiger partial charge in [0.15, 0.2) is 5.16 Å². The van der Waals surface area contributed by atoms with Crippen LogP contribution in [0.1, 0.15) is 93.9 Å². The fraction of sp³-hybridized carbons (Fsp3) is 0.955. The van der Waals surface area contributed by atoms with Crippen LogP contribution >= 0.6 is 8.03 Å². The molecule has 3 atom stereocenters. The van der Waals surface area contributed by atoms with Gasteiger partial charge in [-0.3, -0.25) is 4.79 Å². The first-order valence-corrected chi connectivity index (χ1v) is 11.9. The van der Waals surface area contributed by atoms with Crippen LogP contribution in [0.15, 0.2) is 0 Å². The van der Waals surface area contributed by atoms with E-state index in [1.54, 1.807) is 0 Å². The lowest BCUT2D eigenvalue weighted by atomic mass is 9.82. The molecule has 0 rings (SSSR count). The molecule has 0 fully saturated rings. The van der Waals surface area contributed by atoms with E-state index in [9.17, 15) is 14.3 Å². The average molecular weight is 420 g/mol. The molecule has 0 aromatic heterocycles. The molecule has 0 aromatic carbocycles. The zero-order valence-corrected chi connectivity index (χ0v) is 20.4. The molecule has 0 heterocycles. The summed E-state index contributed by atoms with van der Waals surface area (Å²) in [6.45, 7) is 17.7. The number of carbonyl (C=O) groups excluding carboxylic acids is 1. The fourth-order valence-corrected chi connectivity index (χ4v) is 4.35. The maximum Gasteiger partial charge on any atom is 0.511 e. The molecule has 0 radical (unpaired) electrons. The minimum Gasteiger partial charge on any atom is -0.466 e. The third-order valence-corrected chi connectivity index (χ3v) is 6.74. The van der Waals surface area contributed by atoms with Crippen molar-refractivity contribution < 1.29 is 23.7 Å². The molecule has 166 valence electrons. The van der Waals surface area contributed by atoms with E-state index in [2.05, 4.69) is 27.7 Å². The Hall–Kier alpha value is -0.510. The van der Waals surface area contributed by atoms with Crippen molar-refractivity contribution in [3.63, 3.8) is 0 Å². The van der Waals surface area contributed by atoms with Crippen LogP contribution in [0.4, 0.5) is 0 Å². The second kappa shape index (κ2) is 12.2. The van der Waals surface area contributed by atoms with Gasteiger partial charge in [0.1, 0.15) is 0 Å². The maximum atomic E-state index is 12.1. The number of esters is 1. The molecule has 3 unspecified atom stereocenters. The Morgan fingerprint density at radius 2 is 1.61 bits per heavy atom. The van der Waals surface area contributed by atoms with Crippen molar-refractivity contribution >= 4 is 14.0 Å². The van der Waals surface area contributed by atoms with Crippen LogP contribution in [0.5, 0.6) is 0 Å². The third kappa shape index (κ3) is 11.5. The van der Waals surface area contributed by atoms with Crippen molar-refractivity contribution in [2.75, 3.05) is 19.8 Å². The molecule has 28 heavy (non-hydrogen) atoms. The number of ether oxygens (including phenoxy) is 2. The molecule has 1 N–H and O–H groups in total. The smallest absolute Gasteiger partial charge is 0.466 e. The van der Waals surface area contributed by atoms with Gasteiger partial charge >= 0.3 is 14.0 Å². The fourth-order valence-electron chi connectivity index (χ4n) is 3.52. The Balaban J connectivity index is 4.37. The van der Waals surface area contributed by atoms with Crippen molar-refractivity contribution in [3.05, 3.63) is 0 Å². The lowest BCUT2D eigenvalue weighted by molar-refractivity contribution is -0.147. The summed E-state index contributed by atoms with van der Waals surface area (Å²) in [7, 11) is -2.24. The topological polar surface area (TPSA) is 72.8 Å². The first-order valence-electron chi connectivity index (χ1n) is 10.7. The van der Waals surface area contributed by atoms with Gasteiger partial charge in [0.05, 0.1) is 26.2 Å². The van der Waals surface area contributed by atoms with Crippen LogP contribution in [0.2, 0.25) is 0 Å². The molecule has 0 bridgehead atoms. The highest BCUT2D eigenvalue weighted by molar-refractivity contribution is 7.40. The largest absolute Gasteiger partial charge is 0.511 e. The molecule has 0 saturated carbocycles. The third-order valence-electron chi connectivity index (χ3n) is 5.35. The van der Waals surface area contributed by atoms with E-state index >= 15 is 0 Å². The van der Waals surface area contributed by atoms with Crippen molar-refractivity contribution in [1.82, 2.24) is 0 Å². The van der Waals surface area contributed by atoms with Crippen molar-refractivity contribution in [1.29, 1.82) is 0 Å². The van der Waals surface area contributed by atoms with E-state index in [1.165, 1.54) is 0 Å². The monoisotopic (exact) mass is 419 g/mol. The van der Waals surface area contributed by atoms with E-state index in [-0.39, 0.29) is 16.8 Å². The average Bonchev–Trinajstić information content (AvgIpc) is 2.53. The molecule has 0 aromatic rings. The van der Waals surface area contributed by atoms with Crippen molar-refractivity contribution in [2.24, 2.45) is 16.7 Å². The van der Waals surface area contributed by atoms with Crippen molar-refractivity contribution in [3.8, 4) is 0 Å². The summed E-state index contributed by atoms with van der Waals surface area (Å²) in [5, 5.41) is -0.601. The highest BCUT2D eigenvalue weighted by Gasteiger charge is 2.46. The van der Waals surface area contributed by atoms with Gasteiger partial charge in [0.25, 0.3) is 0 Å². The maximum absolute atomic E-state index is 12.1. The Kier molecular flexibility index (Phi) is 12.0. The lowest BCUT2D eigenvalue weighted by Crippen LogP contribution is -2.33. The quantitative estimate of drug-likeness (QED) is 0.256. The van der Waals surface area contributed by atoms with E-state index in [0.29, 0.717) is 45.0 Å². The predicted octanol–water partition coefficient (Wildman–Crippen LogP) is 6.11. The van der Waals surface area contributed by atoms with Crippen LogP contribution in [-0.4, -0.2) is 35.8 Å². The molecular weight excluding hydrogens is 375 g/mol. The summed E-state index contributed by atoms with van der Waals surface area (Å²) in [4.78, 5) is 21.8. The summed E-state index contributed by atoms with van der Waals surface area (Å²) < 4.78 is 23.0. The van der Waals surface area contributed by atoms with Gasteiger partial charge in [-0.25, -0.2) is 0 Å². The van der Waals surface area contributed by atoms with Crippen LogP contribution in [0.3, 0.4) is 0 Å². The number of hydrogen-bond acceptors (Lipinski definition) is 4. The lowest BCUT2D eigenvalue weighted by Gasteiger charge is -2.31. The van der Waals surface area contributed by atoms with Gasteiger partial charge in [0.2, 0.25) is 0 Å². The Labute approximate surface area is 173 Å². The SMILES string of the molecule is CCCC(C)CCOC(=O)CC(C)(C)COCC(C)(C)CC(C)(CC)[P+](=O)O. The van der Waals surface area contributed by atoms with Crippen LogP contribution < -0.4 is 0 Å². The van der Waals surface area contributed by atoms with Gasteiger partial charge in [-0.2, -0.15) is 4.89 Å².